The van der Waals surface area contributed by atoms with Gasteiger partial charge in [-0.2, -0.15) is 0 Å². The van der Waals surface area contributed by atoms with Crippen LogP contribution in [0.2, 0.25) is 0 Å². The van der Waals surface area contributed by atoms with E-state index in [0.717, 1.165) is 21.9 Å². The molecule has 0 spiro atoms. The molecule has 0 aliphatic carbocycles. The Kier molecular flexibility index (Phi) is 3.37. The van der Waals surface area contributed by atoms with Crippen LogP contribution in [0.4, 0.5) is 0 Å². The van der Waals surface area contributed by atoms with Crippen LogP contribution < -0.4 is 11.3 Å². The topological polar surface area (TPSA) is 76.7 Å². The van der Waals surface area contributed by atoms with Crippen molar-refractivity contribution < 1.29 is 0 Å². The summed E-state index contributed by atoms with van der Waals surface area (Å²) in [5, 5.41) is 2.16. The van der Waals surface area contributed by atoms with Crippen LogP contribution in [0.25, 0.3) is 10.8 Å². The van der Waals surface area contributed by atoms with Crippen LogP contribution in [0.3, 0.4) is 0 Å². The molecule has 3 aromatic rings. The summed E-state index contributed by atoms with van der Waals surface area (Å²) in [4.78, 5) is 13.0. The molecule has 3 N–H and O–H groups in total. The van der Waals surface area contributed by atoms with Gasteiger partial charge in [0.05, 0.1) is 0 Å². The van der Waals surface area contributed by atoms with E-state index < -0.39 is 0 Å². The first kappa shape index (κ1) is 12.7. The van der Waals surface area contributed by atoms with Crippen molar-refractivity contribution in [1.29, 1.82) is 0 Å². The normalized spacial score (nSPS) is 12.5. The monoisotopic (exact) mass is 265 g/mol. The Morgan fingerprint density at radius 2 is 1.80 bits per heavy atom. The lowest BCUT2D eigenvalue weighted by atomic mass is 10.0. The van der Waals surface area contributed by atoms with E-state index in [4.69, 9.17) is 5.84 Å². The van der Waals surface area contributed by atoms with E-state index in [-0.39, 0.29) is 6.04 Å². The zero-order valence-corrected chi connectivity index (χ0v) is 11.1. The fraction of sp³-hybridized carbons (Fsp3) is 0.133. The van der Waals surface area contributed by atoms with Gasteiger partial charge >= 0.3 is 0 Å². The van der Waals surface area contributed by atoms with Crippen molar-refractivity contribution in [1.82, 2.24) is 20.4 Å². The Morgan fingerprint density at radius 1 is 1.05 bits per heavy atom. The Hall–Kier alpha value is -2.37. The van der Waals surface area contributed by atoms with Gasteiger partial charge in [-0.05, 0) is 17.9 Å². The average molecular weight is 265 g/mol. The first-order valence-corrected chi connectivity index (χ1v) is 6.37. The highest BCUT2D eigenvalue weighted by Gasteiger charge is 2.18. The molecule has 0 amide bonds. The second kappa shape index (κ2) is 5.32. The Morgan fingerprint density at radius 3 is 2.55 bits per heavy atom. The molecule has 0 saturated heterocycles. The fourth-order valence-corrected chi connectivity index (χ4v) is 2.22. The molecule has 1 unspecified atom stereocenters. The van der Waals surface area contributed by atoms with Crippen molar-refractivity contribution in [2.45, 2.75) is 13.0 Å². The van der Waals surface area contributed by atoms with Crippen LogP contribution in [0, 0.1) is 6.92 Å². The van der Waals surface area contributed by atoms with Gasteiger partial charge in [-0.1, -0.05) is 24.3 Å². The minimum absolute atomic E-state index is 0.283. The highest BCUT2D eigenvalue weighted by atomic mass is 15.2. The highest BCUT2D eigenvalue weighted by molar-refractivity contribution is 5.85. The highest BCUT2D eigenvalue weighted by Crippen LogP contribution is 2.25. The molecule has 0 bridgehead atoms. The SMILES string of the molecule is Cc1cnc(C(NN)c2cncc3ccccc23)nc1. The molecule has 20 heavy (non-hydrogen) atoms. The molecule has 5 nitrogen and oxygen atoms in total. The van der Waals surface area contributed by atoms with Crippen LogP contribution in [0.5, 0.6) is 0 Å². The van der Waals surface area contributed by atoms with Crippen molar-refractivity contribution >= 4 is 10.8 Å². The van der Waals surface area contributed by atoms with Crippen molar-refractivity contribution in [2.75, 3.05) is 0 Å². The molecule has 0 aliphatic rings. The van der Waals surface area contributed by atoms with Gasteiger partial charge in [-0.15, -0.1) is 0 Å². The minimum atomic E-state index is -0.283. The predicted molar refractivity (Wildman–Crippen MR) is 77.7 cm³/mol. The van der Waals surface area contributed by atoms with E-state index in [1.54, 1.807) is 18.6 Å². The number of nitrogens with zero attached hydrogens (tertiary/aromatic N) is 3. The summed E-state index contributed by atoms with van der Waals surface area (Å²) < 4.78 is 0. The van der Waals surface area contributed by atoms with Gasteiger partial charge in [0.2, 0.25) is 0 Å². The fourth-order valence-electron chi connectivity index (χ4n) is 2.22. The number of nitrogens with two attached hydrogens (primary N) is 1. The molecule has 0 saturated carbocycles. The first-order chi connectivity index (χ1) is 9.79. The summed E-state index contributed by atoms with van der Waals surface area (Å²) in [5.74, 6) is 6.34. The van der Waals surface area contributed by atoms with Crippen LogP contribution in [0.15, 0.2) is 49.1 Å². The molecule has 1 aromatic carbocycles. The smallest absolute Gasteiger partial charge is 0.151 e. The number of hydrogen-bond acceptors (Lipinski definition) is 5. The molecule has 3 rings (SSSR count). The molecule has 0 aliphatic heterocycles. The van der Waals surface area contributed by atoms with E-state index in [1.165, 1.54) is 0 Å². The summed E-state index contributed by atoms with van der Waals surface area (Å²) >= 11 is 0. The number of aromatic nitrogens is 3. The Labute approximate surface area is 116 Å². The summed E-state index contributed by atoms with van der Waals surface area (Å²) in [7, 11) is 0. The molecule has 100 valence electrons. The Bertz CT molecular complexity index is 718. The van der Waals surface area contributed by atoms with Crippen LogP contribution in [0.1, 0.15) is 23.0 Å². The van der Waals surface area contributed by atoms with Crippen LogP contribution in [-0.4, -0.2) is 15.0 Å². The van der Waals surface area contributed by atoms with Crippen molar-refractivity contribution in [3.8, 4) is 0 Å². The number of hydrazine groups is 1. The van der Waals surface area contributed by atoms with Gasteiger partial charge in [0.15, 0.2) is 5.82 Å². The maximum absolute atomic E-state index is 5.71. The van der Waals surface area contributed by atoms with Gasteiger partial charge in [-0.25, -0.2) is 15.4 Å². The van der Waals surface area contributed by atoms with Gasteiger partial charge in [-0.3, -0.25) is 10.8 Å². The van der Waals surface area contributed by atoms with Gasteiger partial charge in [0.1, 0.15) is 6.04 Å². The molecule has 1 atom stereocenters. The molecule has 0 radical (unpaired) electrons. The maximum Gasteiger partial charge on any atom is 0.151 e. The van der Waals surface area contributed by atoms with Gasteiger partial charge < -0.3 is 0 Å². The summed E-state index contributed by atoms with van der Waals surface area (Å²) in [6, 6.07) is 7.77. The number of rotatable bonds is 3. The number of pyridine rings is 1. The lowest BCUT2D eigenvalue weighted by Gasteiger charge is -2.16. The molecular formula is C15H15N5. The number of nitrogens with one attached hydrogen (secondary N) is 1. The zero-order valence-electron chi connectivity index (χ0n) is 11.1. The molecule has 2 aromatic heterocycles. The van der Waals surface area contributed by atoms with Crippen LogP contribution in [-0.2, 0) is 0 Å². The average Bonchev–Trinajstić information content (AvgIpc) is 2.50. The lowest BCUT2D eigenvalue weighted by molar-refractivity contribution is 0.602. The van der Waals surface area contributed by atoms with E-state index in [0.29, 0.717) is 5.82 Å². The zero-order chi connectivity index (χ0) is 13.9. The van der Waals surface area contributed by atoms with Gasteiger partial charge in [0, 0.05) is 35.7 Å². The molecule has 2 heterocycles. The molecule has 5 heteroatoms. The largest absolute Gasteiger partial charge is 0.270 e. The standard InChI is InChI=1S/C15H15N5/c1-10-6-18-15(19-7-10)14(20-16)13-9-17-8-11-4-2-3-5-12(11)13/h2-9,14,20H,16H2,1H3. The quantitative estimate of drug-likeness (QED) is 0.558. The van der Waals surface area contributed by atoms with Gasteiger partial charge in [0.25, 0.3) is 0 Å². The number of hydrogen-bond donors (Lipinski definition) is 2. The minimum Gasteiger partial charge on any atom is -0.270 e. The van der Waals surface area contributed by atoms with Crippen molar-refractivity contribution in [2.24, 2.45) is 5.84 Å². The van der Waals surface area contributed by atoms with Crippen molar-refractivity contribution in [3.63, 3.8) is 0 Å². The first-order valence-electron chi connectivity index (χ1n) is 6.37. The maximum atomic E-state index is 5.71. The third-order valence-corrected chi connectivity index (χ3v) is 3.24. The summed E-state index contributed by atoms with van der Waals surface area (Å²) in [6.07, 6.45) is 7.20. The third-order valence-electron chi connectivity index (χ3n) is 3.24. The summed E-state index contributed by atoms with van der Waals surface area (Å²) in [6.45, 7) is 1.95. The van der Waals surface area contributed by atoms with E-state index >= 15 is 0 Å². The van der Waals surface area contributed by atoms with E-state index in [2.05, 4.69) is 20.4 Å². The number of fused-ring (bicyclic) bond motifs is 1. The second-order valence-corrected chi connectivity index (χ2v) is 4.67. The third kappa shape index (κ3) is 2.24. The van der Waals surface area contributed by atoms with E-state index in [9.17, 15) is 0 Å². The number of benzene rings is 1. The molecular weight excluding hydrogens is 250 g/mol. The lowest BCUT2D eigenvalue weighted by Crippen LogP contribution is -2.30. The summed E-state index contributed by atoms with van der Waals surface area (Å²) in [5.41, 5.74) is 4.76. The van der Waals surface area contributed by atoms with E-state index in [1.807, 2.05) is 37.4 Å². The van der Waals surface area contributed by atoms with Crippen LogP contribution >= 0.6 is 0 Å². The second-order valence-electron chi connectivity index (χ2n) is 4.67. The Balaban J connectivity index is 2.14. The van der Waals surface area contributed by atoms with Crippen molar-refractivity contribution in [3.05, 3.63) is 66.0 Å². The predicted octanol–water partition coefficient (Wildman–Crippen LogP) is 1.89. The number of aryl methyl sites for hydroxylation is 1. The molecule has 0 fully saturated rings.